The number of ether oxygens (including phenoxy) is 1. The lowest BCUT2D eigenvalue weighted by atomic mass is 10.4. The summed E-state index contributed by atoms with van der Waals surface area (Å²) in [5, 5.41) is 0. The van der Waals surface area contributed by atoms with Crippen molar-refractivity contribution in [3.05, 3.63) is 12.5 Å². The first-order valence-corrected chi connectivity index (χ1v) is 5.81. The van der Waals surface area contributed by atoms with Gasteiger partial charge in [-0.15, -0.1) is 11.8 Å². The summed E-state index contributed by atoms with van der Waals surface area (Å²) in [4.78, 5) is 11.7. The smallest absolute Gasteiger partial charge is 0.145 e. The van der Waals surface area contributed by atoms with Gasteiger partial charge in [-0.1, -0.05) is 0 Å². The van der Waals surface area contributed by atoms with Crippen molar-refractivity contribution in [1.29, 1.82) is 0 Å². The van der Waals surface area contributed by atoms with Crippen molar-refractivity contribution in [2.24, 2.45) is 0 Å². The zero-order valence-electron chi connectivity index (χ0n) is 8.14. The normalized spacial score (nSPS) is 17.1. The summed E-state index contributed by atoms with van der Waals surface area (Å²) in [5.41, 5.74) is 0. The number of nitrogens with zero attached hydrogens (tertiary/aromatic N) is 3. The standard InChI is InChI=1S/C9H13N3OS/c1-14-8-6-10-7-11-9(8)12-2-4-13-5-3-12/h6-7H,2-5H2,1H3. The fourth-order valence-corrected chi connectivity index (χ4v) is 2.00. The highest BCUT2D eigenvalue weighted by atomic mass is 32.2. The third-order valence-corrected chi connectivity index (χ3v) is 2.92. The summed E-state index contributed by atoms with van der Waals surface area (Å²) in [6.07, 6.45) is 5.51. The molecular formula is C9H13N3OS. The quantitative estimate of drug-likeness (QED) is 0.683. The Morgan fingerprint density at radius 1 is 1.43 bits per heavy atom. The lowest BCUT2D eigenvalue weighted by molar-refractivity contribution is 0.122. The van der Waals surface area contributed by atoms with Crippen LogP contribution >= 0.6 is 11.8 Å². The van der Waals surface area contributed by atoms with Crippen molar-refractivity contribution >= 4 is 17.6 Å². The van der Waals surface area contributed by atoms with E-state index in [9.17, 15) is 0 Å². The van der Waals surface area contributed by atoms with Crippen molar-refractivity contribution in [3.8, 4) is 0 Å². The molecule has 1 aromatic heterocycles. The van der Waals surface area contributed by atoms with Crippen LogP contribution in [-0.2, 0) is 4.74 Å². The molecule has 0 N–H and O–H groups in total. The summed E-state index contributed by atoms with van der Waals surface area (Å²) < 4.78 is 5.30. The van der Waals surface area contributed by atoms with Crippen LogP contribution in [0.2, 0.25) is 0 Å². The molecule has 1 aliphatic heterocycles. The molecule has 0 saturated carbocycles. The van der Waals surface area contributed by atoms with Gasteiger partial charge in [0.15, 0.2) is 0 Å². The first kappa shape index (κ1) is 9.73. The van der Waals surface area contributed by atoms with Crippen LogP contribution < -0.4 is 4.90 Å². The number of morpholine rings is 1. The predicted octanol–water partition coefficient (Wildman–Crippen LogP) is 1.04. The average Bonchev–Trinajstić information content (AvgIpc) is 2.30. The highest BCUT2D eigenvalue weighted by molar-refractivity contribution is 7.98. The summed E-state index contributed by atoms with van der Waals surface area (Å²) in [6, 6.07) is 0. The number of thioether (sulfide) groups is 1. The molecule has 5 heteroatoms. The van der Waals surface area contributed by atoms with Crippen LogP contribution in [0, 0.1) is 0 Å². The Morgan fingerprint density at radius 3 is 2.93 bits per heavy atom. The molecule has 0 radical (unpaired) electrons. The third kappa shape index (κ3) is 1.99. The second kappa shape index (κ2) is 4.61. The van der Waals surface area contributed by atoms with Gasteiger partial charge in [0.05, 0.1) is 18.1 Å². The van der Waals surface area contributed by atoms with Crippen LogP contribution in [0.5, 0.6) is 0 Å². The lowest BCUT2D eigenvalue weighted by Gasteiger charge is -2.28. The van der Waals surface area contributed by atoms with Crippen LogP contribution in [0.1, 0.15) is 0 Å². The molecule has 1 fully saturated rings. The number of hydrogen-bond donors (Lipinski definition) is 0. The Bertz CT molecular complexity index is 302. The number of aromatic nitrogens is 2. The van der Waals surface area contributed by atoms with E-state index in [1.54, 1.807) is 18.1 Å². The minimum Gasteiger partial charge on any atom is -0.378 e. The molecule has 0 aliphatic carbocycles. The molecule has 0 unspecified atom stereocenters. The van der Waals surface area contributed by atoms with Gasteiger partial charge in [-0.3, -0.25) is 0 Å². The van der Waals surface area contributed by atoms with Crippen molar-refractivity contribution in [2.75, 3.05) is 37.5 Å². The van der Waals surface area contributed by atoms with Gasteiger partial charge in [-0.25, -0.2) is 9.97 Å². The average molecular weight is 211 g/mol. The summed E-state index contributed by atoms with van der Waals surface area (Å²) in [5.74, 6) is 1.04. The SMILES string of the molecule is CSc1cncnc1N1CCOCC1. The summed E-state index contributed by atoms with van der Waals surface area (Å²) in [7, 11) is 0. The van der Waals surface area contributed by atoms with Gasteiger partial charge >= 0.3 is 0 Å². The molecule has 1 aromatic rings. The maximum Gasteiger partial charge on any atom is 0.145 e. The molecule has 2 rings (SSSR count). The monoisotopic (exact) mass is 211 g/mol. The highest BCUT2D eigenvalue weighted by Crippen LogP contribution is 2.25. The van der Waals surface area contributed by atoms with E-state index >= 15 is 0 Å². The van der Waals surface area contributed by atoms with Gasteiger partial charge in [0, 0.05) is 19.3 Å². The second-order valence-electron chi connectivity index (χ2n) is 3.01. The molecule has 0 aromatic carbocycles. The van der Waals surface area contributed by atoms with E-state index in [1.807, 2.05) is 12.5 Å². The van der Waals surface area contributed by atoms with E-state index in [2.05, 4.69) is 14.9 Å². The zero-order chi connectivity index (χ0) is 9.80. The fourth-order valence-electron chi connectivity index (χ4n) is 1.47. The van der Waals surface area contributed by atoms with E-state index in [1.165, 1.54) is 0 Å². The molecule has 0 spiro atoms. The molecule has 0 bridgehead atoms. The maximum atomic E-state index is 5.30. The first-order valence-electron chi connectivity index (χ1n) is 4.58. The molecule has 4 nitrogen and oxygen atoms in total. The number of anilines is 1. The summed E-state index contributed by atoms with van der Waals surface area (Å²) >= 11 is 1.68. The topological polar surface area (TPSA) is 38.2 Å². The predicted molar refractivity (Wildman–Crippen MR) is 56.8 cm³/mol. The largest absolute Gasteiger partial charge is 0.378 e. The minimum absolute atomic E-state index is 0.790. The van der Waals surface area contributed by atoms with Crippen molar-refractivity contribution < 1.29 is 4.74 Å². The van der Waals surface area contributed by atoms with Crippen molar-refractivity contribution in [3.63, 3.8) is 0 Å². The van der Waals surface area contributed by atoms with E-state index in [-0.39, 0.29) is 0 Å². The third-order valence-electron chi connectivity index (χ3n) is 2.19. The first-order chi connectivity index (χ1) is 6.92. The molecule has 0 amide bonds. The van der Waals surface area contributed by atoms with E-state index in [0.717, 1.165) is 37.0 Å². The zero-order valence-corrected chi connectivity index (χ0v) is 8.96. The molecule has 76 valence electrons. The van der Waals surface area contributed by atoms with Gasteiger partial charge in [-0.2, -0.15) is 0 Å². The maximum absolute atomic E-state index is 5.30. The summed E-state index contributed by atoms with van der Waals surface area (Å²) in [6.45, 7) is 3.42. The Kier molecular flexibility index (Phi) is 3.21. The Morgan fingerprint density at radius 2 is 2.21 bits per heavy atom. The Hall–Kier alpha value is -0.810. The molecule has 0 atom stereocenters. The van der Waals surface area contributed by atoms with Crippen LogP contribution in [0.3, 0.4) is 0 Å². The van der Waals surface area contributed by atoms with Crippen LogP contribution in [-0.4, -0.2) is 42.5 Å². The Labute approximate surface area is 87.7 Å². The van der Waals surface area contributed by atoms with Crippen LogP contribution in [0.4, 0.5) is 5.82 Å². The molecule has 1 aliphatic rings. The van der Waals surface area contributed by atoms with Gasteiger partial charge in [0.2, 0.25) is 0 Å². The van der Waals surface area contributed by atoms with Gasteiger partial charge < -0.3 is 9.64 Å². The fraction of sp³-hybridized carbons (Fsp3) is 0.556. The van der Waals surface area contributed by atoms with Crippen LogP contribution in [0.25, 0.3) is 0 Å². The highest BCUT2D eigenvalue weighted by Gasteiger charge is 2.15. The minimum atomic E-state index is 0.790. The number of rotatable bonds is 2. The Balaban J connectivity index is 2.20. The second-order valence-corrected chi connectivity index (χ2v) is 3.86. The molecule has 1 saturated heterocycles. The van der Waals surface area contributed by atoms with E-state index in [4.69, 9.17) is 4.74 Å². The van der Waals surface area contributed by atoms with E-state index < -0.39 is 0 Å². The molecule has 14 heavy (non-hydrogen) atoms. The lowest BCUT2D eigenvalue weighted by Crippen LogP contribution is -2.37. The van der Waals surface area contributed by atoms with Gasteiger partial charge in [0.1, 0.15) is 12.1 Å². The van der Waals surface area contributed by atoms with Crippen molar-refractivity contribution in [1.82, 2.24) is 9.97 Å². The van der Waals surface area contributed by atoms with Crippen LogP contribution in [0.15, 0.2) is 17.4 Å². The number of hydrogen-bond acceptors (Lipinski definition) is 5. The van der Waals surface area contributed by atoms with Gasteiger partial charge in [-0.05, 0) is 6.26 Å². The molecular weight excluding hydrogens is 198 g/mol. The van der Waals surface area contributed by atoms with E-state index in [0.29, 0.717) is 0 Å². The molecule has 2 heterocycles. The van der Waals surface area contributed by atoms with Gasteiger partial charge in [0.25, 0.3) is 0 Å². The van der Waals surface area contributed by atoms with Crippen molar-refractivity contribution in [2.45, 2.75) is 4.90 Å².